The first kappa shape index (κ1) is 15.7. The highest BCUT2D eigenvalue weighted by Crippen LogP contribution is 2.20. The molecule has 1 heterocycles. The molecule has 1 aliphatic rings. The number of nitrogens with zero attached hydrogens (tertiary/aromatic N) is 1. The van der Waals surface area contributed by atoms with Crippen molar-refractivity contribution in [3.63, 3.8) is 0 Å². The molecule has 1 N–H and O–H groups in total. The van der Waals surface area contributed by atoms with E-state index in [4.69, 9.17) is 4.74 Å². The van der Waals surface area contributed by atoms with Crippen molar-refractivity contribution in [3.8, 4) is 5.75 Å². The molecule has 2 rings (SSSR count). The molecule has 0 bridgehead atoms. The van der Waals surface area contributed by atoms with E-state index in [-0.39, 0.29) is 17.9 Å². The fraction of sp³-hybridized carbons (Fsp3) is 0.467. The van der Waals surface area contributed by atoms with Crippen molar-refractivity contribution in [3.05, 3.63) is 29.8 Å². The maximum absolute atomic E-state index is 12.1. The quantitative estimate of drug-likeness (QED) is 0.890. The van der Waals surface area contributed by atoms with Crippen LogP contribution in [0.4, 0.5) is 0 Å². The lowest BCUT2D eigenvalue weighted by Gasteiger charge is -2.21. The number of nitrogens with one attached hydrogen (secondary N) is 1. The molecule has 1 fully saturated rings. The number of rotatable bonds is 5. The fourth-order valence-corrected chi connectivity index (χ4v) is 3.43. The van der Waals surface area contributed by atoms with Crippen LogP contribution in [0.2, 0.25) is 0 Å². The van der Waals surface area contributed by atoms with E-state index >= 15 is 0 Å². The van der Waals surface area contributed by atoms with Gasteiger partial charge < -0.3 is 15.0 Å². The number of hydrogen-bond acceptors (Lipinski definition) is 4. The molecule has 1 saturated heterocycles. The summed E-state index contributed by atoms with van der Waals surface area (Å²) in [6, 6.07) is 7.45. The summed E-state index contributed by atoms with van der Waals surface area (Å²) in [5.41, 5.74) is 1.14. The summed E-state index contributed by atoms with van der Waals surface area (Å²) in [6.07, 6.45) is 0.760. The minimum atomic E-state index is -0.330. The largest absolute Gasteiger partial charge is 0.497 e. The van der Waals surface area contributed by atoms with Crippen molar-refractivity contribution in [2.75, 3.05) is 25.3 Å². The van der Waals surface area contributed by atoms with Crippen LogP contribution in [0.5, 0.6) is 5.75 Å². The van der Waals surface area contributed by atoms with Gasteiger partial charge in [0.1, 0.15) is 11.8 Å². The zero-order valence-corrected chi connectivity index (χ0v) is 13.1. The molecule has 6 heteroatoms. The predicted molar refractivity (Wildman–Crippen MR) is 83.3 cm³/mol. The van der Waals surface area contributed by atoms with Crippen molar-refractivity contribution in [2.45, 2.75) is 19.4 Å². The zero-order valence-electron chi connectivity index (χ0n) is 12.3. The van der Waals surface area contributed by atoms with E-state index in [9.17, 15) is 9.59 Å². The average molecular weight is 308 g/mol. The van der Waals surface area contributed by atoms with E-state index in [1.165, 1.54) is 6.92 Å². The van der Waals surface area contributed by atoms with Crippen molar-refractivity contribution in [1.29, 1.82) is 0 Å². The second-order valence-electron chi connectivity index (χ2n) is 4.89. The number of ether oxygens (including phenoxy) is 1. The Balaban J connectivity index is 1.79. The van der Waals surface area contributed by atoms with Gasteiger partial charge in [0.15, 0.2) is 0 Å². The summed E-state index contributed by atoms with van der Waals surface area (Å²) >= 11 is 1.61. The number of thioether (sulfide) groups is 1. The zero-order chi connectivity index (χ0) is 15.2. The van der Waals surface area contributed by atoms with E-state index in [0.717, 1.165) is 17.7 Å². The normalized spacial score (nSPS) is 17.6. The van der Waals surface area contributed by atoms with E-state index in [2.05, 4.69) is 5.32 Å². The maximum atomic E-state index is 12.1. The molecule has 0 aliphatic carbocycles. The Labute approximate surface area is 129 Å². The summed E-state index contributed by atoms with van der Waals surface area (Å²) in [6.45, 7) is 2.07. The minimum absolute atomic E-state index is 0.0460. The molecule has 1 atom stereocenters. The SMILES string of the molecule is COc1ccc(CCNC(=O)C2CSCN2C(C)=O)cc1. The van der Waals surface area contributed by atoms with Crippen LogP contribution >= 0.6 is 11.8 Å². The van der Waals surface area contributed by atoms with E-state index in [1.807, 2.05) is 24.3 Å². The molecule has 5 nitrogen and oxygen atoms in total. The fourth-order valence-electron chi connectivity index (χ4n) is 2.21. The lowest BCUT2D eigenvalue weighted by Crippen LogP contribution is -2.46. The number of carbonyl (C=O) groups is 2. The Morgan fingerprint density at radius 3 is 2.71 bits per heavy atom. The molecule has 1 unspecified atom stereocenters. The van der Waals surface area contributed by atoms with E-state index in [1.54, 1.807) is 23.8 Å². The van der Waals surface area contributed by atoms with Gasteiger partial charge in [-0.1, -0.05) is 12.1 Å². The molecule has 114 valence electrons. The Morgan fingerprint density at radius 1 is 1.38 bits per heavy atom. The van der Waals surface area contributed by atoms with Crippen LogP contribution in [0.25, 0.3) is 0 Å². The third-order valence-corrected chi connectivity index (χ3v) is 4.47. The summed E-state index contributed by atoms with van der Waals surface area (Å²) in [5.74, 6) is 1.99. The highest BCUT2D eigenvalue weighted by Gasteiger charge is 2.32. The number of benzene rings is 1. The van der Waals surface area contributed by atoms with E-state index in [0.29, 0.717) is 18.2 Å². The predicted octanol–water partition coefficient (Wildman–Crippen LogP) is 1.28. The first-order valence-electron chi connectivity index (χ1n) is 6.87. The Hall–Kier alpha value is -1.69. The number of carbonyl (C=O) groups excluding carboxylic acids is 2. The summed E-state index contributed by atoms with van der Waals surface area (Å²) in [5, 5.41) is 2.91. The summed E-state index contributed by atoms with van der Waals surface area (Å²) in [7, 11) is 1.63. The van der Waals surface area contributed by atoms with Crippen LogP contribution in [0.15, 0.2) is 24.3 Å². The van der Waals surface area contributed by atoms with Gasteiger partial charge in [-0.25, -0.2) is 0 Å². The van der Waals surface area contributed by atoms with Gasteiger partial charge in [0.25, 0.3) is 0 Å². The third-order valence-electron chi connectivity index (χ3n) is 3.46. The van der Waals surface area contributed by atoms with Crippen molar-refractivity contribution < 1.29 is 14.3 Å². The molecule has 0 saturated carbocycles. The number of amides is 2. The van der Waals surface area contributed by atoms with Gasteiger partial charge in [-0.15, -0.1) is 11.8 Å². The first-order chi connectivity index (χ1) is 10.1. The standard InChI is InChI=1S/C15H20N2O3S/c1-11(18)17-10-21-9-14(17)15(19)16-8-7-12-3-5-13(20-2)6-4-12/h3-6,14H,7-10H2,1-2H3,(H,16,19). The van der Waals surface area contributed by atoms with E-state index < -0.39 is 0 Å². The smallest absolute Gasteiger partial charge is 0.243 e. The average Bonchev–Trinajstić information content (AvgIpc) is 2.97. The minimum Gasteiger partial charge on any atom is -0.497 e. The van der Waals surface area contributed by atoms with Gasteiger partial charge in [-0.3, -0.25) is 9.59 Å². The number of hydrogen-bond donors (Lipinski definition) is 1. The molecule has 0 spiro atoms. The highest BCUT2D eigenvalue weighted by molar-refractivity contribution is 7.99. The van der Waals surface area contributed by atoms with Gasteiger partial charge in [-0.2, -0.15) is 0 Å². The number of methoxy groups -OCH3 is 1. The van der Waals surface area contributed by atoms with Crippen LogP contribution in [0.1, 0.15) is 12.5 Å². The van der Waals surface area contributed by atoms with Gasteiger partial charge in [-0.05, 0) is 24.1 Å². The first-order valence-corrected chi connectivity index (χ1v) is 8.03. The van der Waals surface area contributed by atoms with Gasteiger partial charge in [0.05, 0.1) is 13.0 Å². The molecular formula is C15H20N2O3S. The third kappa shape index (κ3) is 4.14. The van der Waals surface area contributed by atoms with Crippen LogP contribution in [-0.4, -0.2) is 48.0 Å². The highest BCUT2D eigenvalue weighted by atomic mass is 32.2. The molecule has 1 aromatic carbocycles. The topological polar surface area (TPSA) is 58.6 Å². The van der Waals surface area contributed by atoms with Gasteiger partial charge >= 0.3 is 0 Å². The summed E-state index contributed by atoms with van der Waals surface area (Å²) in [4.78, 5) is 25.2. The van der Waals surface area contributed by atoms with Gasteiger partial charge in [0.2, 0.25) is 11.8 Å². The van der Waals surface area contributed by atoms with Crippen LogP contribution in [0, 0.1) is 0 Å². The van der Waals surface area contributed by atoms with Gasteiger partial charge in [0, 0.05) is 19.2 Å². The van der Waals surface area contributed by atoms with Crippen molar-refractivity contribution in [2.24, 2.45) is 0 Å². The molecule has 21 heavy (non-hydrogen) atoms. The lowest BCUT2D eigenvalue weighted by molar-refractivity contribution is -0.136. The Kier molecular flexibility index (Phi) is 5.50. The lowest BCUT2D eigenvalue weighted by atomic mass is 10.1. The molecule has 1 aromatic rings. The van der Waals surface area contributed by atoms with Crippen molar-refractivity contribution in [1.82, 2.24) is 10.2 Å². The molecule has 2 amide bonds. The second kappa shape index (κ2) is 7.36. The van der Waals surface area contributed by atoms with Crippen molar-refractivity contribution >= 4 is 23.6 Å². The Morgan fingerprint density at radius 2 is 2.10 bits per heavy atom. The van der Waals surface area contributed by atoms with Crippen LogP contribution in [0.3, 0.4) is 0 Å². The monoisotopic (exact) mass is 308 g/mol. The molecule has 0 radical (unpaired) electrons. The van der Waals surface area contributed by atoms with Crippen LogP contribution in [-0.2, 0) is 16.0 Å². The molecular weight excluding hydrogens is 288 g/mol. The summed E-state index contributed by atoms with van der Waals surface area (Å²) < 4.78 is 5.10. The molecule has 0 aromatic heterocycles. The molecule has 1 aliphatic heterocycles. The Bertz CT molecular complexity index is 504. The second-order valence-corrected chi connectivity index (χ2v) is 5.89. The van der Waals surface area contributed by atoms with Crippen LogP contribution < -0.4 is 10.1 Å². The maximum Gasteiger partial charge on any atom is 0.243 e.